The molecule has 5 heteroatoms. The number of rotatable bonds is 8. The van der Waals surface area contributed by atoms with Gasteiger partial charge in [0.05, 0.1) is 19.0 Å². The molecule has 132 valence electrons. The molecular weight excluding hydrogens is 304 g/mol. The Bertz CT molecular complexity index is 527. The van der Waals surface area contributed by atoms with Crippen LogP contribution in [-0.2, 0) is 9.59 Å². The van der Waals surface area contributed by atoms with E-state index in [-0.39, 0.29) is 24.9 Å². The number of hydrogen-bond acceptors (Lipinski definition) is 3. The summed E-state index contributed by atoms with van der Waals surface area (Å²) in [5.74, 6) is -0.400. The first kappa shape index (κ1) is 18.5. The number of aliphatic carboxylic acids is 1. The van der Waals surface area contributed by atoms with Crippen LogP contribution in [-0.4, -0.2) is 42.0 Å². The van der Waals surface area contributed by atoms with Crippen molar-refractivity contribution in [2.24, 2.45) is 5.92 Å². The normalized spacial score (nSPS) is 16.8. The number of likely N-dealkylation sites (N-methyl/N-ethyl adjacent to an activating group) is 1. The van der Waals surface area contributed by atoms with Crippen LogP contribution in [0.3, 0.4) is 0 Å². The molecule has 1 saturated carbocycles. The van der Waals surface area contributed by atoms with Crippen molar-refractivity contribution in [3.8, 4) is 0 Å². The van der Waals surface area contributed by atoms with Gasteiger partial charge in [-0.3, -0.25) is 14.5 Å². The Labute approximate surface area is 144 Å². The maximum atomic E-state index is 12.4. The second-order valence-electron chi connectivity index (χ2n) is 6.74. The van der Waals surface area contributed by atoms with Gasteiger partial charge in [0.25, 0.3) is 0 Å². The lowest BCUT2D eigenvalue weighted by Crippen LogP contribution is -2.40. The SMILES string of the molecule is CN(CCC(=O)O)CC(=O)NC(c1ccccc1)C1CCCCC1. The molecule has 1 aromatic rings. The first-order chi connectivity index (χ1) is 11.6. The van der Waals surface area contributed by atoms with Crippen molar-refractivity contribution >= 4 is 11.9 Å². The Morgan fingerprint density at radius 1 is 1.21 bits per heavy atom. The van der Waals surface area contributed by atoms with Gasteiger partial charge >= 0.3 is 5.97 Å². The number of carbonyl (C=O) groups is 2. The predicted octanol–water partition coefficient (Wildman–Crippen LogP) is 2.83. The third kappa shape index (κ3) is 5.96. The second kappa shape index (κ2) is 9.42. The van der Waals surface area contributed by atoms with Gasteiger partial charge in [0.2, 0.25) is 5.91 Å². The van der Waals surface area contributed by atoms with Crippen LogP contribution in [0.5, 0.6) is 0 Å². The van der Waals surface area contributed by atoms with E-state index < -0.39 is 5.97 Å². The van der Waals surface area contributed by atoms with Gasteiger partial charge in [0.1, 0.15) is 0 Å². The van der Waals surface area contributed by atoms with Gasteiger partial charge in [-0.2, -0.15) is 0 Å². The summed E-state index contributed by atoms with van der Waals surface area (Å²) in [7, 11) is 1.78. The van der Waals surface area contributed by atoms with Crippen LogP contribution in [0.1, 0.15) is 50.1 Å². The number of nitrogens with zero attached hydrogens (tertiary/aromatic N) is 1. The highest BCUT2D eigenvalue weighted by molar-refractivity contribution is 5.78. The van der Waals surface area contributed by atoms with Crippen LogP contribution in [0.25, 0.3) is 0 Å². The van der Waals surface area contributed by atoms with Crippen molar-refractivity contribution in [1.29, 1.82) is 0 Å². The molecule has 0 spiro atoms. The number of carboxylic acid groups (broad SMARTS) is 1. The van der Waals surface area contributed by atoms with Crippen LogP contribution in [0.4, 0.5) is 0 Å². The highest BCUT2D eigenvalue weighted by Crippen LogP contribution is 2.34. The summed E-state index contributed by atoms with van der Waals surface area (Å²) in [6.07, 6.45) is 6.08. The molecule has 0 aromatic heterocycles. The number of hydrogen-bond donors (Lipinski definition) is 2. The zero-order valence-electron chi connectivity index (χ0n) is 14.4. The zero-order chi connectivity index (χ0) is 17.4. The topological polar surface area (TPSA) is 69.6 Å². The average molecular weight is 332 g/mol. The fourth-order valence-electron chi connectivity index (χ4n) is 3.43. The lowest BCUT2D eigenvalue weighted by molar-refractivity contribution is -0.137. The van der Waals surface area contributed by atoms with Crippen molar-refractivity contribution in [2.75, 3.05) is 20.1 Å². The summed E-state index contributed by atoms with van der Waals surface area (Å²) >= 11 is 0. The van der Waals surface area contributed by atoms with Crippen LogP contribution in [0.15, 0.2) is 30.3 Å². The number of amides is 1. The zero-order valence-corrected chi connectivity index (χ0v) is 14.4. The Kier molecular flexibility index (Phi) is 7.25. The molecule has 1 aliphatic rings. The molecule has 1 atom stereocenters. The maximum absolute atomic E-state index is 12.4. The van der Waals surface area contributed by atoms with E-state index in [1.165, 1.54) is 19.3 Å². The van der Waals surface area contributed by atoms with E-state index >= 15 is 0 Å². The third-order valence-corrected chi connectivity index (χ3v) is 4.72. The van der Waals surface area contributed by atoms with E-state index in [4.69, 9.17) is 5.11 Å². The van der Waals surface area contributed by atoms with Crippen LogP contribution in [0.2, 0.25) is 0 Å². The number of carboxylic acids is 1. The Hall–Kier alpha value is -1.88. The Balaban J connectivity index is 1.97. The van der Waals surface area contributed by atoms with Gasteiger partial charge in [-0.05, 0) is 31.4 Å². The molecule has 1 amide bonds. The number of carbonyl (C=O) groups excluding carboxylic acids is 1. The van der Waals surface area contributed by atoms with Gasteiger partial charge in [0.15, 0.2) is 0 Å². The Morgan fingerprint density at radius 2 is 1.88 bits per heavy atom. The van der Waals surface area contributed by atoms with Crippen LogP contribution >= 0.6 is 0 Å². The average Bonchev–Trinajstić information content (AvgIpc) is 2.59. The lowest BCUT2D eigenvalue weighted by Gasteiger charge is -2.32. The molecule has 2 N–H and O–H groups in total. The quantitative estimate of drug-likeness (QED) is 0.768. The predicted molar refractivity (Wildman–Crippen MR) is 93.7 cm³/mol. The van der Waals surface area contributed by atoms with Crippen molar-refractivity contribution in [1.82, 2.24) is 10.2 Å². The van der Waals surface area contributed by atoms with Gasteiger partial charge in [-0.1, -0.05) is 49.6 Å². The summed E-state index contributed by atoms with van der Waals surface area (Å²) in [6.45, 7) is 0.603. The molecule has 0 heterocycles. The molecule has 0 saturated heterocycles. The molecule has 0 bridgehead atoms. The van der Waals surface area contributed by atoms with Gasteiger partial charge in [-0.15, -0.1) is 0 Å². The van der Waals surface area contributed by atoms with E-state index in [1.807, 2.05) is 18.2 Å². The van der Waals surface area contributed by atoms with Gasteiger partial charge in [-0.25, -0.2) is 0 Å². The molecule has 5 nitrogen and oxygen atoms in total. The smallest absolute Gasteiger partial charge is 0.304 e. The van der Waals surface area contributed by atoms with Crippen molar-refractivity contribution < 1.29 is 14.7 Å². The molecule has 24 heavy (non-hydrogen) atoms. The van der Waals surface area contributed by atoms with E-state index in [0.717, 1.165) is 18.4 Å². The fourth-order valence-corrected chi connectivity index (χ4v) is 3.43. The van der Waals surface area contributed by atoms with E-state index in [1.54, 1.807) is 11.9 Å². The molecule has 1 aromatic carbocycles. The minimum atomic E-state index is -0.841. The largest absolute Gasteiger partial charge is 0.481 e. The molecular formula is C19H28N2O3. The van der Waals surface area contributed by atoms with Gasteiger partial charge in [0, 0.05) is 6.54 Å². The van der Waals surface area contributed by atoms with E-state index in [0.29, 0.717) is 12.5 Å². The summed E-state index contributed by atoms with van der Waals surface area (Å²) in [6, 6.07) is 10.2. The number of benzene rings is 1. The highest BCUT2D eigenvalue weighted by Gasteiger charge is 2.26. The summed E-state index contributed by atoms with van der Waals surface area (Å²) in [4.78, 5) is 24.8. The second-order valence-corrected chi connectivity index (χ2v) is 6.74. The molecule has 1 unspecified atom stereocenters. The lowest BCUT2D eigenvalue weighted by atomic mass is 9.81. The van der Waals surface area contributed by atoms with Crippen molar-refractivity contribution in [3.63, 3.8) is 0 Å². The highest BCUT2D eigenvalue weighted by atomic mass is 16.4. The minimum absolute atomic E-state index is 0.0395. The molecule has 0 radical (unpaired) electrons. The Morgan fingerprint density at radius 3 is 2.50 bits per heavy atom. The molecule has 2 rings (SSSR count). The first-order valence-electron chi connectivity index (χ1n) is 8.81. The van der Waals surface area contributed by atoms with Crippen LogP contribution in [0, 0.1) is 5.92 Å². The van der Waals surface area contributed by atoms with E-state index in [2.05, 4.69) is 17.4 Å². The summed E-state index contributed by atoms with van der Waals surface area (Å²) < 4.78 is 0. The van der Waals surface area contributed by atoms with Gasteiger partial charge < -0.3 is 10.4 Å². The van der Waals surface area contributed by atoms with Crippen molar-refractivity contribution in [3.05, 3.63) is 35.9 Å². The fraction of sp³-hybridized carbons (Fsp3) is 0.579. The summed E-state index contributed by atoms with van der Waals surface area (Å²) in [5.41, 5.74) is 1.16. The third-order valence-electron chi connectivity index (χ3n) is 4.72. The van der Waals surface area contributed by atoms with Crippen LogP contribution < -0.4 is 5.32 Å². The summed E-state index contributed by atoms with van der Waals surface area (Å²) in [5, 5.41) is 11.9. The molecule has 1 fully saturated rings. The minimum Gasteiger partial charge on any atom is -0.481 e. The monoisotopic (exact) mass is 332 g/mol. The van der Waals surface area contributed by atoms with Crippen molar-refractivity contribution in [2.45, 2.75) is 44.6 Å². The standard InChI is InChI=1S/C19H28N2O3/c1-21(13-12-18(23)24)14-17(22)20-19(15-8-4-2-5-9-15)16-10-6-3-7-11-16/h2,4-5,8-9,16,19H,3,6-7,10-14H2,1H3,(H,20,22)(H,23,24). The molecule has 0 aliphatic heterocycles. The number of nitrogens with one attached hydrogen (secondary N) is 1. The maximum Gasteiger partial charge on any atom is 0.304 e. The first-order valence-corrected chi connectivity index (χ1v) is 8.81. The molecule has 1 aliphatic carbocycles. The van der Waals surface area contributed by atoms with E-state index in [9.17, 15) is 9.59 Å².